The monoisotopic (exact) mass is 492 g/mol. The number of aliphatic hydroxyl groups is 4. The Balaban J connectivity index is 2.52. The zero-order valence-electron chi connectivity index (χ0n) is 20.6. The van der Waals surface area contributed by atoms with Crippen molar-refractivity contribution in [2.45, 2.75) is 115 Å². The van der Waals surface area contributed by atoms with Gasteiger partial charge in [0, 0.05) is 6.61 Å². The van der Waals surface area contributed by atoms with Crippen LogP contribution in [-0.2, 0) is 28.5 Å². The van der Waals surface area contributed by atoms with E-state index in [1.807, 2.05) is 0 Å². The first-order valence-corrected chi connectivity index (χ1v) is 12.6. The van der Waals surface area contributed by atoms with Gasteiger partial charge < -0.3 is 39.4 Å². The van der Waals surface area contributed by atoms with Gasteiger partial charge in [0.2, 0.25) is 0 Å². The van der Waals surface area contributed by atoms with Crippen molar-refractivity contribution in [2.75, 3.05) is 26.4 Å². The van der Waals surface area contributed by atoms with Crippen LogP contribution in [-0.4, -0.2) is 95.4 Å². The Morgan fingerprint density at radius 3 is 2.00 bits per heavy atom. The number of hydrogen-bond donors (Lipinski definition) is 4. The first-order chi connectivity index (χ1) is 16.3. The Labute approximate surface area is 202 Å². The summed E-state index contributed by atoms with van der Waals surface area (Å²) in [6.45, 7) is 2.61. The molecule has 0 aromatic carbocycles. The summed E-state index contributed by atoms with van der Waals surface area (Å²) in [6, 6.07) is 0. The molecule has 1 rings (SSSR count). The van der Waals surface area contributed by atoms with Gasteiger partial charge in [0.1, 0.15) is 12.2 Å². The second-order valence-corrected chi connectivity index (χ2v) is 8.87. The summed E-state index contributed by atoms with van der Waals surface area (Å²) >= 11 is 0. The third-order valence-corrected chi connectivity index (χ3v) is 5.66. The number of ketones is 1. The molecule has 10 nitrogen and oxygen atoms in total. The van der Waals surface area contributed by atoms with E-state index in [4.69, 9.17) is 18.9 Å². The Bertz CT molecular complexity index is 556. The maximum atomic E-state index is 12.2. The summed E-state index contributed by atoms with van der Waals surface area (Å²) in [5.41, 5.74) is 0. The van der Waals surface area contributed by atoms with Crippen molar-refractivity contribution >= 4 is 11.8 Å². The third-order valence-electron chi connectivity index (χ3n) is 5.66. The lowest BCUT2D eigenvalue weighted by atomic mass is 10.1. The van der Waals surface area contributed by atoms with E-state index in [1.54, 1.807) is 0 Å². The normalized spacial score (nSPS) is 21.9. The number of rotatable bonds is 21. The van der Waals surface area contributed by atoms with Crippen molar-refractivity contribution in [1.29, 1.82) is 0 Å². The van der Waals surface area contributed by atoms with Gasteiger partial charge in [0.05, 0.1) is 25.9 Å². The van der Waals surface area contributed by atoms with E-state index in [0.29, 0.717) is 6.61 Å². The number of carbonyl (C=O) groups excluding carboxylic acids is 2. The van der Waals surface area contributed by atoms with Gasteiger partial charge >= 0.3 is 5.97 Å². The molecule has 200 valence electrons. The second-order valence-electron chi connectivity index (χ2n) is 8.87. The highest BCUT2D eigenvalue weighted by molar-refractivity contribution is 6.37. The lowest BCUT2D eigenvalue weighted by molar-refractivity contribution is -0.247. The van der Waals surface area contributed by atoms with Gasteiger partial charge in [-0.05, 0) is 13.3 Å². The topological polar surface area (TPSA) is 152 Å². The number of unbranched alkanes of at least 4 members (excludes halogenated alkanes) is 9. The van der Waals surface area contributed by atoms with E-state index in [-0.39, 0.29) is 6.61 Å². The van der Waals surface area contributed by atoms with Crippen LogP contribution >= 0.6 is 0 Å². The van der Waals surface area contributed by atoms with E-state index in [2.05, 4.69) is 6.92 Å². The predicted octanol–water partition coefficient (Wildman–Crippen LogP) is 1.24. The molecule has 4 N–H and O–H groups in total. The van der Waals surface area contributed by atoms with E-state index in [1.165, 1.54) is 51.9 Å². The van der Waals surface area contributed by atoms with Crippen molar-refractivity contribution < 1.29 is 49.0 Å². The molecule has 1 aliphatic heterocycles. The molecule has 34 heavy (non-hydrogen) atoms. The van der Waals surface area contributed by atoms with Gasteiger partial charge in [-0.15, -0.1) is 0 Å². The Kier molecular flexibility index (Phi) is 16.5. The standard InChI is InChI=1S/C24H44O10/c1-3-4-5-6-7-8-9-10-11-12-13-31-19(15-26)24(32-16-17(2)27)34-22-20(29)23(30)33-21(22)18(28)14-25/h17-19,21-22,24-28H,3-16H2,1-2H3/t17?,18-,19?,21+,22?,24?/m0/s1. The zero-order valence-corrected chi connectivity index (χ0v) is 20.6. The molecule has 6 atom stereocenters. The smallest absolute Gasteiger partial charge is 0.378 e. The fourth-order valence-corrected chi connectivity index (χ4v) is 3.69. The number of cyclic esters (lactones) is 1. The summed E-state index contributed by atoms with van der Waals surface area (Å²) in [5.74, 6) is -2.22. The fraction of sp³-hybridized carbons (Fsp3) is 0.917. The number of carbonyl (C=O) groups is 2. The zero-order chi connectivity index (χ0) is 25.3. The fourth-order valence-electron chi connectivity index (χ4n) is 3.69. The number of aliphatic hydroxyl groups excluding tert-OH is 4. The van der Waals surface area contributed by atoms with Crippen LogP contribution in [0.3, 0.4) is 0 Å². The van der Waals surface area contributed by atoms with Crippen molar-refractivity contribution in [3.63, 3.8) is 0 Å². The van der Waals surface area contributed by atoms with Crippen LogP contribution in [0.1, 0.15) is 78.1 Å². The molecule has 0 spiro atoms. The van der Waals surface area contributed by atoms with Crippen LogP contribution in [0.5, 0.6) is 0 Å². The Hall–Kier alpha value is -1.14. The number of hydrogen-bond acceptors (Lipinski definition) is 10. The van der Waals surface area contributed by atoms with Crippen LogP contribution < -0.4 is 0 Å². The molecule has 1 fully saturated rings. The minimum atomic E-state index is -1.54. The lowest BCUT2D eigenvalue weighted by Crippen LogP contribution is -2.47. The molecule has 0 radical (unpaired) electrons. The third kappa shape index (κ3) is 11.5. The highest BCUT2D eigenvalue weighted by Crippen LogP contribution is 2.23. The minimum absolute atomic E-state index is 0.175. The molecule has 0 aromatic heterocycles. The van der Waals surface area contributed by atoms with Crippen LogP contribution in [0.25, 0.3) is 0 Å². The van der Waals surface area contributed by atoms with Gasteiger partial charge in [-0.25, -0.2) is 4.79 Å². The first-order valence-electron chi connectivity index (χ1n) is 12.6. The van der Waals surface area contributed by atoms with Gasteiger partial charge in [-0.3, -0.25) is 4.79 Å². The lowest BCUT2D eigenvalue weighted by Gasteiger charge is -2.30. The average Bonchev–Trinajstić information content (AvgIpc) is 3.10. The molecule has 0 amide bonds. The van der Waals surface area contributed by atoms with Crippen molar-refractivity contribution in [1.82, 2.24) is 0 Å². The summed E-state index contributed by atoms with van der Waals surface area (Å²) in [7, 11) is 0. The summed E-state index contributed by atoms with van der Waals surface area (Å²) in [5, 5.41) is 38.4. The second kappa shape index (κ2) is 18.2. The Morgan fingerprint density at radius 1 is 0.882 bits per heavy atom. The molecule has 1 saturated heterocycles. The van der Waals surface area contributed by atoms with E-state index < -0.39 is 61.8 Å². The van der Waals surface area contributed by atoms with Crippen LogP contribution in [0.2, 0.25) is 0 Å². The minimum Gasteiger partial charge on any atom is -0.450 e. The molecule has 1 heterocycles. The molecule has 0 bridgehead atoms. The summed E-state index contributed by atoms with van der Waals surface area (Å²) in [6.07, 6.45) is 4.01. The van der Waals surface area contributed by atoms with Crippen molar-refractivity contribution in [3.05, 3.63) is 0 Å². The van der Waals surface area contributed by atoms with Crippen LogP contribution in [0, 0.1) is 0 Å². The highest BCUT2D eigenvalue weighted by Gasteiger charge is 2.49. The van der Waals surface area contributed by atoms with E-state index in [9.17, 15) is 30.0 Å². The predicted molar refractivity (Wildman–Crippen MR) is 123 cm³/mol. The maximum Gasteiger partial charge on any atom is 0.378 e. The van der Waals surface area contributed by atoms with Crippen molar-refractivity contribution in [3.8, 4) is 0 Å². The molecule has 0 aromatic rings. The quantitative estimate of drug-likeness (QED) is 0.0797. The molecule has 1 aliphatic rings. The molecule has 0 aliphatic carbocycles. The molecule has 4 unspecified atom stereocenters. The van der Waals surface area contributed by atoms with Gasteiger partial charge in [-0.2, -0.15) is 0 Å². The van der Waals surface area contributed by atoms with E-state index in [0.717, 1.165) is 19.3 Å². The highest BCUT2D eigenvalue weighted by atomic mass is 16.7. The van der Waals surface area contributed by atoms with Gasteiger partial charge in [0.15, 0.2) is 18.5 Å². The van der Waals surface area contributed by atoms with Crippen LogP contribution in [0.15, 0.2) is 0 Å². The molecule has 10 heteroatoms. The number of ether oxygens (including phenoxy) is 4. The Morgan fingerprint density at radius 2 is 1.47 bits per heavy atom. The average molecular weight is 493 g/mol. The largest absolute Gasteiger partial charge is 0.450 e. The molecule has 0 saturated carbocycles. The van der Waals surface area contributed by atoms with Gasteiger partial charge in [0.25, 0.3) is 5.78 Å². The SMILES string of the molecule is CCCCCCCCCCCCOC(CO)C(OCC(C)O)OC1C(=O)C(=O)O[C@@H]1[C@@H](O)CO. The van der Waals surface area contributed by atoms with Crippen LogP contribution in [0.4, 0.5) is 0 Å². The number of esters is 1. The molecular weight excluding hydrogens is 448 g/mol. The summed E-state index contributed by atoms with van der Waals surface area (Å²) < 4.78 is 21.6. The molecular formula is C24H44O10. The van der Waals surface area contributed by atoms with E-state index >= 15 is 0 Å². The summed E-state index contributed by atoms with van der Waals surface area (Å²) in [4.78, 5) is 23.9. The first kappa shape index (κ1) is 30.9. The van der Waals surface area contributed by atoms with Crippen molar-refractivity contribution in [2.24, 2.45) is 0 Å². The maximum absolute atomic E-state index is 12.2. The number of Topliss-reactive ketones (excluding diaryl/α,β-unsaturated/α-hetero) is 1. The van der Waals surface area contributed by atoms with Gasteiger partial charge in [-0.1, -0.05) is 64.7 Å².